The molecule has 1 aliphatic heterocycles. The van der Waals surface area contributed by atoms with Crippen LogP contribution in [0.15, 0.2) is 39.8 Å². The van der Waals surface area contributed by atoms with Crippen LogP contribution < -0.4 is 5.32 Å². The van der Waals surface area contributed by atoms with Gasteiger partial charge in [0.2, 0.25) is 21.8 Å². The van der Waals surface area contributed by atoms with Gasteiger partial charge in [-0.15, -0.1) is 0 Å². The maximum Gasteiger partial charge on any atom is 0.244 e. The van der Waals surface area contributed by atoms with Crippen molar-refractivity contribution < 1.29 is 17.7 Å². The van der Waals surface area contributed by atoms with Gasteiger partial charge in [-0.05, 0) is 49.5 Å². The van der Waals surface area contributed by atoms with Gasteiger partial charge >= 0.3 is 0 Å². The van der Waals surface area contributed by atoms with E-state index in [-0.39, 0.29) is 5.91 Å². The number of carbonyl (C=O) groups excluding carboxylic acids is 1. The molecule has 8 nitrogen and oxygen atoms in total. The number of hydrogen-bond donors (Lipinski definition) is 1. The SMILES string of the molecule is Cc1nc(C2(NC(=O)/C=C/c3ccc(S(=O)(=O)N4CCCCCC4)cc3)CCCCC2)no1. The van der Waals surface area contributed by atoms with Crippen LogP contribution in [0.2, 0.25) is 0 Å². The molecule has 1 saturated carbocycles. The Hall–Kier alpha value is -2.52. The highest BCUT2D eigenvalue weighted by atomic mass is 32.2. The first-order valence-electron chi connectivity index (χ1n) is 11.8. The molecule has 4 rings (SSSR count). The Balaban J connectivity index is 1.43. The number of rotatable bonds is 6. The maximum absolute atomic E-state index is 12.9. The fraction of sp³-hybridized carbons (Fsp3) is 0.542. The zero-order valence-corrected chi connectivity index (χ0v) is 19.9. The van der Waals surface area contributed by atoms with E-state index in [0.29, 0.717) is 29.7 Å². The van der Waals surface area contributed by atoms with Gasteiger partial charge in [0.15, 0.2) is 5.82 Å². The molecule has 0 bridgehead atoms. The Bertz CT molecular complexity index is 1080. The monoisotopic (exact) mass is 472 g/mol. The van der Waals surface area contributed by atoms with Gasteiger partial charge in [-0.2, -0.15) is 9.29 Å². The molecule has 178 valence electrons. The van der Waals surface area contributed by atoms with Crippen LogP contribution in [0.25, 0.3) is 6.08 Å². The summed E-state index contributed by atoms with van der Waals surface area (Å²) < 4.78 is 32.6. The van der Waals surface area contributed by atoms with E-state index in [1.165, 1.54) is 6.08 Å². The van der Waals surface area contributed by atoms with Crippen molar-refractivity contribution in [3.05, 3.63) is 47.6 Å². The van der Waals surface area contributed by atoms with Crippen molar-refractivity contribution in [3.8, 4) is 0 Å². The molecule has 1 N–H and O–H groups in total. The molecular weight excluding hydrogens is 440 g/mol. The fourth-order valence-electron chi connectivity index (χ4n) is 4.68. The summed E-state index contributed by atoms with van der Waals surface area (Å²) in [6, 6.07) is 6.69. The van der Waals surface area contributed by atoms with Gasteiger partial charge in [0.05, 0.1) is 4.90 Å². The van der Waals surface area contributed by atoms with E-state index in [9.17, 15) is 13.2 Å². The molecule has 0 radical (unpaired) electrons. The molecule has 1 aromatic carbocycles. The summed E-state index contributed by atoms with van der Waals surface area (Å²) in [5, 5.41) is 7.18. The molecule has 2 aromatic rings. The van der Waals surface area contributed by atoms with E-state index in [1.807, 2.05) is 0 Å². The lowest BCUT2D eigenvalue weighted by molar-refractivity contribution is -0.119. The van der Waals surface area contributed by atoms with E-state index in [4.69, 9.17) is 4.52 Å². The van der Waals surface area contributed by atoms with Gasteiger partial charge in [-0.25, -0.2) is 8.42 Å². The van der Waals surface area contributed by atoms with Crippen molar-refractivity contribution in [3.63, 3.8) is 0 Å². The largest absolute Gasteiger partial charge is 0.340 e. The molecule has 0 atom stereocenters. The Kier molecular flexibility index (Phi) is 7.29. The highest BCUT2D eigenvalue weighted by Crippen LogP contribution is 2.35. The number of benzene rings is 1. The maximum atomic E-state index is 12.9. The Morgan fingerprint density at radius 3 is 2.27 bits per heavy atom. The van der Waals surface area contributed by atoms with Crippen molar-refractivity contribution >= 4 is 22.0 Å². The molecular formula is C24H32N4O4S. The summed E-state index contributed by atoms with van der Waals surface area (Å²) >= 11 is 0. The molecule has 0 spiro atoms. The summed E-state index contributed by atoms with van der Waals surface area (Å²) in [5.41, 5.74) is 0.149. The third kappa shape index (κ3) is 5.52. The number of aryl methyl sites for hydroxylation is 1. The average molecular weight is 473 g/mol. The first kappa shape index (κ1) is 23.6. The van der Waals surface area contributed by atoms with Gasteiger partial charge in [0.25, 0.3) is 0 Å². The van der Waals surface area contributed by atoms with Crippen LogP contribution in [0.1, 0.15) is 75.1 Å². The van der Waals surface area contributed by atoms with E-state index in [0.717, 1.165) is 63.4 Å². The summed E-state index contributed by atoms with van der Waals surface area (Å²) in [5.74, 6) is 0.778. The molecule has 1 amide bonds. The van der Waals surface area contributed by atoms with Crippen LogP contribution in [0, 0.1) is 6.92 Å². The van der Waals surface area contributed by atoms with Crippen molar-refractivity contribution in [2.45, 2.75) is 75.1 Å². The van der Waals surface area contributed by atoms with Crippen molar-refractivity contribution in [2.24, 2.45) is 0 Å². The van der Waals surface area contributed by atoms with Crippen LogP contribution in [0.4, 0.5) is 0 Å². The highest BCUT2D eigenvalue weighted by molar-refractivity contribution is 7.89. The second kappa shape index (κ2) is 10.2. The highest BCUT2D eigenvalue weighted by Gasteiger charge is 2.39. The van der Waals surface area contributed by atoms with E-state index in [2.05, 4.69) is 15.5 Å². The standard InChI is InChI=1S/C24H32N4O4S/c1-19-25-23(27-32-19)24(15-5-4-6-16-24)26-22(29)14-11-20-9-12-21(13-10-20)33(30,31)28-17-7-2-3-8-18-28/h9-14H,2-8,15-18H2,1H3,(H,26,29)/b14-11+. The molecule has 1 saturated heterocycles. The van der Waals surface area contributed by atoms with Crippen LogP contribution >= 0.6 is 0 Å². The summed E-state index contributed by atoms with van der Waals surface area (Å²) in [7, 11) is -3.48. The lowest BCUT2D eigenvalue weighted by Crippen LogP contribution is -2.47. The quantitative estimate of drug-likeness (QED) is 0.639. The molecule has 0 unspecified atom stereocenters. The third-order valence-corrected chi connectivity index (χ3v) is 8.45. The Labute approximate surface area is 195 Å². The number of carbonyl (C=O) groups is 1. The van der Waals surface area contributed by atoms with E-state index in [1.54, 1.807) is 41.6 Å². The lowest BCUT2D eigenvalue weighted by atomic mass is 9.81. The summed E-state index contributed by atoms with van der Waals surface area (Å²) in [6.45, 7) is 2.89. The van der Waals surface area contributed by atoms with Crippen molar-refractivity contribution in [1.29, 1.82) is 0 Å². The minimum atomic E-state index is -3.48. The van der Waals surface area contributed by atoms with Gasteiger partial charge in [0.1, 0.15) is 5.54 Å². The molecule has 9 heteroatoms. The zero-order valence-electron chi connectivity index (χ0n) is 19.1. The first-order chi connectivity index (χ1) is 15.9. The van der Waals surface area contributed by atoms with Crippen LogP contribution in [0.3, 0.4) is 0 Å². The number of amides is 1. The zero-order chi connectivity index (χ0) is 23.3. The van der Waals surface area contributed by atoms with Gasteiger partial charge in [-0.1, -0.05) is 49.4 Å². The van der Waals surface area contributed by atoms with Crippen LogP contribution in [0.5, 0.6) is 0 Å². The molecule has 33 heavy (non-hydrogen) atoms. The smallest absolute Gasteiger partial charge is 0.244 e. The first-order valence-corrected chi connectivity index (χ1v) is 13.2. The molecule has 2 fully saturated rings. The normalized spacial score (nSPS) is 19.9. The van der Waals surface area contributed by atoms with Gasteiger partial charge in [-0.3, -0.25) is 4.79 Å². The minimum absolute atomic E-state index is 0.236. The summed E-state index contributed by atoms with van der Waals surface area (Å²) in [6.07, 6.45) is 11.8. The van der Waals surface area contributed by atoms with Crippen LogP contribution in [-0.2, 0) is 20.4 Å². The number of nitrogens with zero attached hydrogens (tertiary/aromatic N) is 3. The molecule has 1 aliphatic carbocycles. The lowest BCUT2D eigenvalue weighted by Gasteiger charge is -2.34. The Morgan fingerprint density at radius 2 is 1.67 bits per heavy atom. The van der Waals surface area contributed by atoms with Gasteiger partial charge in [0, 0.05) is 26.1 Å². The number of nitrogens with one attached hydrogen (secondary N) is 1. The van der Waals surface area contributed by atoms with Crippen molar-refractivity contribution in [2.75, 3.05) is 13.1 Å². The second-order valence-electron chi connectivity index (χ2n) is 8.99. The average Bonchev–Trinajstić information content (AvgIpc) is 3.07. The topological polar surface area (TPSA) is 105 Å². The Morgan fingerprint density at radius 1 is 1.03 bits per heavy atom. The van der Waals surface area contributed by atoms with E-state index >= 15 is 0 Å². The molecule has 2 aliphatic rings. The summed E-state index contributed by atoms with van der Waals surface area (Å²) in [4.78, 5) is 17.4. The number of hydrogen-bond acceptors (Lipinski definition) is 6. The predicted octanol–water partition coefficient (Wildman–Crippen LogP) is 3.93. The number of sulfonamides is 1. The van der Waals surface area contributed by atoms with Crippen molar-refractivity contribution in [1.82, 2.24) is 19.8 Å². The number of aromatic nitrogens is 2. The second-order valence-corrected chi connectivity index (χ2v) is 10.9. The predicted molar refractivity (Wildman–Crippen MR) is 125 cm³/mol. The third-order valence-electron chi connectivity index (χ3n) is 6.54. The fourth-order valence-corrected chi connectivity index (χ4v) is 6.20. The molecule has 2 heterocycles. The van der Waals surface area contributed by atoms with Crippen LogP contribution in [-0.4, -0.2) is 41.9 Å². The molecule has 1 aromatic heterocycles. The van der Waals surface area contributed by atoms with Gasteiger partial charge < -0.3 is 9.84 Å². The minimum Gasteiger partial charge on any atom is -0.340 e. The van der Waals surface area contributed by atoms with E-state index < -0.39 is 15.6 Å².